The number of nitrogens with one attached hydrogen (secondary N) is 3. The van der Waals surface area contributed by atoms with Crippen LogP contribution in [-0.2, 0) is 24.0 Å². The highest BCUT2D eigenvalue weighted by Gasteiger charge is 2.31. The maximum atomic E-state index is 12.7. The molecule has 0 aliphatic rings. The quantitative estimate of drug-likeness (QED) is 0.195. The van der Waals surface area contributed by atoms with Crippen molar-refractivity contribution in [1.82, 2.24) is 16.0 Å². The number of carboxylic acids is 1. The van der Waals surface area contributed by atoms with Crippen LogP contribution < -0.4 is 27.4 Å². The van der Waals surface area contributed by atoms with Crippen LogP contribution in [0.3, 0.4) is 0 Å². The summed E-state index contributed by atoms with van der Waals surface area (Å²) in [5, 5.41) is 16.3. The Bertz CT molecular complexity index is 615. The molecule has 0 fully saturated rings. The Hall–Kier alpha value is -2.34. The van der Waals surface area contributed by atoms with Crippen LogP contribution in [0, 0.1) is 5.92 Å². The second kappa shape index (κ2) is 13.0. The van der Waals surface area contributed by atoms with E-state index in [1.807, 2.05) is 6.26 Å². The van der Waals surface area contributed by atoms with Crippen molar-refractivity contribution in [3.8, 4) is 0 Å². The monoisotopic (exact) mass is 433 g/mol. The summed E-state index contributed by atoms with van der Waals surface area (Å²) in [5.41, 5.74) is 10.6. The van der Waals surface area contributed by atoms with E-state index in [1.54, 1.807) is 13.8 Å². The molecule has 0 saturated heterocycles. The first-order chi connectivity index (χ1) is 13.4. The number of aliphatic carboxylic acids is 1. The van der Waals surface area contributed by atoms with Crippen molar-refractivity contribution >= 4 is 41.4 Å². The first-order valence-corrected chi connectivity index (χ1v) is 10.5. The highest BCUT2D eigenvalue weighted by atomic mass is 32.2. The molecule has 0 radical (unpaired) electrons. The average Bonchev–Trinajstić information content (AvgIpc) is 2.61. The van der Waals surface area contributed by atoms with E-state index in [0.29, 0.717) is 5.75 Å². The minimum absolute atomic E-state index is 0.264. The first-order valence-electron chi connectivity index (χ1n) is 9.07. The van der Waals surface area contributed by atoms with Crippen LogP contribution in [0.5, 0.6) is 0 Å². The van der Waals surface area contributed by atoms with Crippen molar-refractivity contribution in [2.75, 3.05) is 12.0 Å². The molecule has 11 nitrogen and oxygen atoms in total. The summed E-state index contributed by atoms with van der Waals surface area (Å²) in [4.78, 5) is 59.1. The molecule has 12 heteroatoms. The summed E-state index contributed by atoms with van der Waals surface area (Å²) in [6.45, 7) is 4.68. The Balaban J connectivity index is 5.24. The molecule has 0 aliphatic heterocycles. The van der Waals surface area contributed by atoms with Crippen LogP contribution >= 0.6 is 11.8 Å². The highest BCUT2D eigenvalue weighted by Crippen LogP contribution is 2.07. The molecule has 0 bridgehead atoms. The standard InChI is InChI=1S/C17H31N5O6S/c1-8(2)13(16(26)20-9(3)17(27)28)22-15(25)11(5-6-29-4)21-14(24)10(18)7-12(19)23/h8-11,13H,5-7,18H2,1-4H3,(H2,19,23)(H,20,26)(H,21,24)(H,22,25)(H,27,28). The molecule has 0 aromatic rings. The van der Waals surface area contributed by atoms with Crippen LogP contribution in [0.2, 0.25) is 0 Å². The van der Waals surface area contributed by atoms with E-state index in [-0.39, 0.29) is 18.8 Å². The number of amides is 4. The Morgan fingerprint density at radius 2 is 1.55 bits per heavy atom. The number of hydrogen-bond acceptors (Lipinski definition) is 7. The largest absolute Gasteiger partial charge is 0.480 e. The summed E-state index contributed by atoms with van der Waals surface area (Å²) in [5.74, 6) is -3.73. The van der Waals surface area contributed by atoms with Gasteiger partial charge in [-0.05, 0) is 31.3 Å². The van der Waals surface area contributed by atoms with E-state index in [4.69, 9.17) is 16.6 Å². The Kier molecular flexibility index (Phi) is 11.9. The van der Waals surface area contributed by atoms with E-state index in [9.17, 15) is 24.0 Å². The third-order valence-electron chi connectivity index (χ3n) is 3.98. The lowest BCUT2D eigenvalue weighted by Crippen LogP contribution is -2.58. The van der Waals surface area contributed by atoms with Gasteiger partial charge in [-0.15, -0.1) is 0 Å². The van der Waals surface area contributed by atoms with Crippen molar-refractivity contribution in [2.45, 2.75) is 57.8 Å². The highest BCUT2D eigenvalue weighted by molar-refractivity contribution is 7.98. The number of carbonyl (C=O) groups excluding carboxylic acids is 4. The topological polar surface area (TPSA) is 194 Å². The third kappa shape index (κ3) is 10.1. The fourth-order valence-corrected chi connectivity index (χ4v) is 2.72. The Labute approximate surface area is 174 Å². The Morgan fingerprint density at radius 3 is 2.00 bits per heavy atom. The molecule has 29 heavy (non-hydrogen) atoms. The second-order valence-electron chi connectivity index (χ2n) is 6.92. The third-order valence-corrected chi connectivity index (χ3v) is 4.62. The summed E-state index contributed by atoms with van der Waals surface area (Å²) in [7, 11) is 0. The van der Waals surface area contributed by atoms with Gasteiger partial charge < -0.3 is 32.5 Å². The van der Waals surface area contributed by atoms with Crippen molar-refractivity contribution in [3.05, 3.63) is 0 Å². The van der Waals surface area contributed by atoms with Crippen LogP contribution in [0.4, 0.5) is 0 Å². The molecule has 8 N–H and O–H groups in total. The second-order valence-corrected chi connectivity index (χ2v) is 7.90. The summed E-state index contributed by atoms with van der Waals surface area (Å²) in [6.07, 6.45) is 1.72. The summed E-state index contributed by atoms with van der Waals surface area (Å²) < 4.78 is 0. The number of carboxylic acid groups (broad SMARTS) is 1. The van der Waals surface area contributed by atoms with E-state index in [2.05, 4.69) is 16.0 Å². The molecule has 4 amide bonds. The molecule has 0 aromatic heterocycles. The molecule has 4 atom stereocenters. The van der Waals surface area contributed by atoms with Gasteiger partial charge in [0.05, 0.1) is 12.5 Å². The molecule has 166 valence electrons. The molecule has 0 spiro atoms. The van der Waals surface area contributed by atoms with Gasteiger partial charge in [0, 0.05) is 0 Å². The van der Waals surface area contributed by atoms with Crippen molar-refractivity contribution < 1.29 is 29.1 Å². The number of thioether (sulfide) groups is 1. The van der Waals surface area contributed by atoms with E-state index in [1.165, 1.54) is 18.7 Å². The molecule has 0 aliphatic carbocycles. The van der Waals surface area contributed by atoms with Gasteiger partial charge in [0.2, 0.25) is 23.6 Å². The maximum absolute atomic E-state index is 12.7. The number of primary amides is 1. The van der Waals surface area contributed by atoms with Gasteiger partial charge in [0.1, 0.15) is 18.1 Å². The summed E-state index contributed by atoms with van der Waals surface area (Å²) in [6, 6.07) is -4.31. The van der Waals surface area contributed by atoms with Gasteiger partial charge >= 0.3 is 5.97 Å². The molecular weight excluding hydrogens is 402 g/mol. The number of rotatable bonds is 13. The van der Waals surface area contributed by atoms with Crippen LogP contribution in [0.25, 0.3) is 0 Å². The van der Waals surface area contributed by atoms with Crippen LogP contribution in [0.15, 0.2) is 0 Å². The minimum Gasteiger partial charge on any atom is -0.480 e. The van der Waals surface area contributed by atoms with Crippen molar-refractivity contribution in [2.24, 2.45) is 17.4 Å². The van der Waals surface area contributed by atoms with Gasteiger partial charge in [-0.3, -0.25) is 24.0 Å². The molecule has 0 saturated carbocycles. The lowest BCUT2D eigenvalue weighted by molar-refractivity contribution is -0.142. The molecule has 4 unspecified atom stereocenters. The van der Waals surface area contributed by atoms with E-state index >= 15 is 0 Å². The van der Waals surface area contributed by atoms with Gasteiger partial charge in [-0.25, -0.2) is 0 Å². The predicted molar refractivity (Wildman–Crippen MR) is 109 cm³/mol. The SMILES string of the molecule is CSCCC(NC(=O)C(N)CC(N)=O)C(=O)NC(C(=O)NC(C)C(=O)O)C(C)C. The van der Waals surface area contributed by atoms with Gasteiger partial charge in [-0.1, -0.05) is 13.8 Å². The maximum Gasteiger partial charge on any atom is 0.325 e. The zero-order valence-corrected chi connectivity index (χ0v) is 17.9. The van der Waals surface area contributed by atoms with Crippen LogP contribution in [0.1, 0.15) is 33.6 Å². The fourth-order valence-electron chi connectivity index (χ4n) is 2.25. The smallest absolute Gasteiger partial charge is 0.325 e. The number of carbonyl (C=O) groups is 5. The molecule has 0 heterocycles. The zero-order chi connectivity index (χ0) is 22.7. The van der Waals surface area contributed by atoms with Gasteiger partial charge in [0.25, 0.3) is 0 Å². The predicted octanol–water partition coefficient (Wildman–Crippen LogP) is -1.84. The lowest BCUT2D eigenvalue weighted by atomic mass is 10.0. The first kappa shape index (κ1) is 26.7. The van der Waals surface area contributed by atoms with E-state index in [0.717, 1.165) is 0 Å². The fraction of sp³-hybridized carbons (Fsp3) is 0.706. The van der Waals surface area contributed by atoms with Crippen molar-refractivity contribution in [3.63, 3.8) is 0 Å². The van der Waals surface area contributed by atoms with Gasteiger partial charge in [-0.2, -0.15) is 11.8 Å². The normalized spacial score (nSPS) is 15.0. The lowest BCUT2D eigenvalue weighted by Gasteiger charge is -2.26. The van der Waals surface area contributed by atoms with Crippen LogP contribution in [-0.4, -0.2) is 70.9 Å². The molecule has 0 rings (SSSR count). The molecule has 0 aromatic carbocycles. The van der Waals surface area contributed by atoms with Gasteiger partial charge in [0.15, 0.2) is 0 Å². The summed E-state index contributed by atoms with van der Waals surface area (Å²) >= 11 is 1.46. The molecular formula is C17H31N5O6S. The number of hydrogen-bond donors (Lipinski definition) is 6. The van der Waals surface area contributed by atoms with Crippen molar-refractivity contribution in [1.29, 1.82) is 0 Å². The zero-order valence-electron chi connectivity index (χ0n) is 17.1. The Morgan fingerprint density at radius 1 is 0.966 bits per heavy atom. The van der Waals surface area contributed by atoms with E-state index < -0.39 is 53.8 Å². The minimum atomic E-state index is -1.21. The average molecular weight is 434 g/mol. The number of nitrogens with two attached hydrogens (primary N) is 2.